The average Bonchev–Trinajstić information content (AvgIpc) is 2.79. The lowest BCUT2D eigenvalue weighted by atomic mass is 9.88. The van der Waals surface area contributed by atoms with Crippen molar-refractivity contribution in [1.29, 1.82) is 0 Å². The van der Waals surface area contributed by atoms with E-state index in [9.17, 15) is 18.0 Å². The molecule has 0 unspecified atom stereocenters. The number of pyridine rings is 1. The molecule has 0 aromatic carbocycles. The number of nitrogens with two attached hydrogens (primary N) is 1. The van der Waals surface area contributed by atoms with Crippen molar-refractivity contribution in [3.8, 4) is 0 Å². The van der Waals surface area contributed by atoms with E-state index in [1.165, 1.54) is 17.1 Å². The maximum atomic E-state index is 13.3. The Balaban J connectivity index is 1.95. The Hall–Kier alpha value is -2.92. The van der Waals surface area contributed by atoms with Crippen molar-refractivity contribution in [3.05, 3.63) is 45.9 Å². The molecule has 1 aromatic rings. The summed E-state index contributed by atoms with van der Waals surface area (Å²) >= 11 is 0. The summed E-state index contributed by atoms with van der Waals surface area (Å²) in [6.07, 6.45) is 5.80. The first kappa shape index (κ1) is 24.7. The molecule has 2 heterocycles. The number of amidine groups is 1. The summed E-state index contributed by atoms with van der Waals surface area (Å²) in [6, 6.07) is 3.00. The molecule has 33 heavy (non-hydrogen) atoms. The van der Waals surface area contributed by atoms with Crippen molar-refractivity contribution >= 4 is 33.2 Å². The Morgan fingerprint density at radius 1 is 1.30 bits per heavy atom. The van der Waals surface area contributed by atoms with E-state index >= 15 is 0 Å². The van der Waals surface area contributed by atoms with Gasteiger partial charge in [-0.05, 0) is 42.5 Å². The molecule has 0 saturated heterocycles. The fourth-order valence-corrected chi connectivity index (χ4v) is 5.57. The normalized spacial score (nSPS) is 17.6. The van der Waals surface area contributed by atoms with Gasteiger partial charge in [0.25, 0.3) is 5.56 Å². The number of dihydropyridines is 1. The highest BCUT2D eigenvalue weighted by Gasteiger charge is 2.26. The molecule has 11 heteroatoms. The topological polar surface area (TPSA) is 156 Å². The fraction of sp³-hybridized carbons (Fsp3) is 0.500. The summed E-state index contributed by atoms with van der Waals surface area (Å²) < 4.78 is 29.1. The third-order valence-electron chi connectivity index (χ3n) is 6.14. The monoisotopic (exact) mass is 477 g/mol. The van der Waals surface area contributed by atoms with Gasteiger partial charge in [-0.2, -0.15) is 0 Å². The van der Waals surface area contributed by atoms with E-state index in [0.717, 1.165) is 25.7 Å². The van der Waals surface area contributed by atoms with Crippen LogP contribution in [0.3, 0.4) is 0 Å². The van der Waals surface area contributed by atoms with Crippen LogP contribution in [0.2, 0.25) is 0 Å². The first-order chi connectivity index (χ1) is 15.6. The number of hydrogen-bond donors (Lipinski definition) is 4. The van der Waals surface area contributed by atoms with Crippen molar-refractivity contribution in [2.45, 2.75) is 51.9 Å². The van der Waals surface area contributed by atoms with E-state index in [1.54, 1.807) is 18.5 Å². The van der Waals surface area contributed by atoms with Crippen LogP contribution in [0.1, 0.15) is 50.6 Å². The fourth-order valence-electron chi connectivity index (χ4n) is 4.33. The standard InChI is InChI=1S/C22H31N5O5S/c1-14-13-24-21(23)20(17(14)12-19(28)25-30)27-15(2)8-9-18(22(27)29)26-33(31,32)11-10-16-6-4-3-5-7-16/h8-9,16,26,30H,1,3-7,10-13H2,2H3,(H2,23,24)(H,25,28). The quantitative estimate of drug-likeness (QED) is 0.331. The van der Waals surface area contributed by atoms with Crippen molar-refractivity contribution in [2.24, 2.45) is 16.6 Å². The first-order valence-corrected chi connectivity index (χ1v) is 12.7. The van der Waals surface area contributed by atoms with Gasteiger partial charge < -0.3 is 5.73 Å². The summed E-state index contributed by atoms with van der Waals surface area (Å²) in [4.78, 5) is 29.3. The summed E-state index contributed by atoms with van der Waals surface area (Å²) in [5.74, 6) is -0.357. The smallest absolute Gasteiger partial charge is 0.279 e. The number of amides is 1. The number of sulfonamides is 1. The molecule has 1 amide bonds. The van der Waals surface area contributed by atoms with E-state index in [0.29, 0.717) is 29.2 Å². The second-order valence-electron chi connectivity index (χ2n) is 8.59. The zero-order valence-electron chi connectivity index (χ0n) is 18.8. The molecule has 1 aliphatic carbocycles. The highest BCUT2D eigenvalue weighted by molar-refractivity contribution is 7.92. The number of rotatable bonds is 8. The number of hydrogen-bond acceptors (Lipinski definition) is 7. The largest absolute Gasteiger partial charge is 0.382 e. The lowest BCUT2D eigenvalue weighted by molar-refractivity contribution is -0.128. The third-order valence-corrected chi connectivity index (χ3v) is 7.45. The minimum Gasteiger partial charge on any atom is -0.382 e. The molecule has 1 aromatic heterocycles. The van der Waals surface area contributed by atoms with Crippen LogP contribution in [-0.4, -0.2) is 42.2 Å². The molecule has 0 spiro atoms. The number of carbonyl (C=O) groups is 1. The molecular weight excluding hydrogens is 446 g/mol. The summed E-state index contributed by atoms with van der Waals surface area (Å²) in [7, 11) is -3.73. The van der Waals surface area contributed by atoms with E-state index in [-0.39, 0.29) is 35.9 Å². The van der Waals surface area contributed by atoms with Gasteiger partial charge in [-0.25, -0.2) is 13.9 Å². The molecule has 0 radical (unpaired) electrons. The molecule has 2 aliphatic rings. The Bertz CT molecular complexity index is 1160. The Morgan fingerprint density at radius 3 is 2.67 bits per heavy atom. The lowest BCUT2D eigenvalue weighted by Crippen LogP contribution is -2.35. The van der Waals surface area contributed by atoms with Crippen LogP contribution < -0.4 is 21.5 Å². The summed E-state index contributed by atoms with van der Waals surface area (Å²) in [5.41, 5.74) is 8.32. The number of nitrogens with one attached hydrogen (secondary N) is 2. The highest BCUT2D eigenvalue weighted by Crippen LogP contribution is 2.28. The van der Waals surface area contributed by atoms with Crippen LogP contribution in [0.25, 0.3) is 5.70 Å². The first-order valence-electron chi connectivity index (χ1n) is 11.0. The van der Waals surface area contributed by atoms with Gasteiger partial charge in [0.2, 0.25) is 15.9 Å². The Morgan fingerprint density at radius 2 is 2.00 bits per heavy atom. The van der Waals surface area contributed by atoms with Crippen molar-refractivity contribution in [2.75, 3.05) is 17.0 Å². The second-order valence-corrected chi connectivity index (χ2v) is 10.4. The Labute approximate surface area is 193 Å². The number of anilines is 1. The molecule has 5 N–H and O–H groups in total. The van der Waals surface area contributed by atoms with Gasteiger partial charge >= 0.3 is 0 Å². The number of aryl methyl sites for hydroxylation is 1. The number of nitrogens with zero attached hydrogens (tertiary/aromatic N) is 2. The van der Waals surface area contributed by atoms with Crippen LogP contribution in [0, 0.1) is 12.8 Å². The van der Waals surface area contributed by atoms with E-state index < -0.39 is 21.5 Å². The molecule has 0 atom stereocenters. The molecule has 3 rings (SSSR count). The molecule has 1 fully saturated rings. The van der Waals surface area contributed by atoms with Crippen LogP contribution in [0.5, 0.6) is 0 Å². The lowest BCUT2D eigenvalue weighted by Gasteiger charge is -2.24. The maximum absolute atomic E-state index is 13.3. The minimum absolute atomic E-state index is 0.0191. The number of carbonyl (C=O) groups excluding carboxylic acids is 1. The molecule has 0 bridgehead atoms. The van der Waals surface area contributed by atoms with Crippen LogP contribution in [0.15, 0.2) is 39.6 Å². The van der Waals surface area contributed by atoms with E-state index in [4.69, 9.17) is 10.9 Å². The van der Waals surface area contributed by atoms with Crippen molar-refractivity contribution in [3.63, 3.8) is 0 Å². The van der Waals surface area contributed by atoms with Crippen molar-refractivity contribution < 1.29 is 18.4 Å². The van der Waals surface area contributed by atoms with Gasteiger partial charge in [0.05, 0.1) is 24.4 Å². The second kappa shape index (κ2) is 10.3. The number of aromatic nitrogens is 1. The third kappa shape index (κ3) is 5.91. The SMILES string of the molecule is C=C1CN=C(N)C(n2c(C)ccc(NS(=O)(=O)CCC3CCCCC3)c2=O)=C1CC(=O)NO. The van der Waals surface area contributed by atoms with Crippen molar-refractivity contribution in [1.82, 2.24) is 10.0 Å². The minimum atomic E-state index is -3.73. The zero-order valence-corrected chi connectivity index (χ0v) is 19.6. The Kier molecular flexibility index (Phi) is 7.75. The summed E-state index contributed by atoms with van der Waals surface area (Å²) in [5, 5.41) is 8.94. The molecule has 1 saturated carbocycles. The van der Waals surface area contributed by atoms with Crippen LogP contribution >= 0.6 is 0 Å². The average molecular weight is 478 g/mol. The predicted molar refractivity (Wildman–Crippen MR) is 127 cm³/mol. The number of aliphatic imine (C=N–C) groups is 1. The van der Waals surface area contributed by atoms with Gasteiger partial charge in [0.15, 0.2) is 0 Å². The van der Waals surface area contributed by atoms with Gasteiger partial charge in [0, 0.05) is 5.69 Å². The van der Waals surface area contributed by atoms with E-state index in [2.05, 4.69) is 16.3 Å². The predicted octanol–water partition coefficient (Wildman–Crippen LogP) is 1.90. The molecule has 10 nitrogen and oxygen atoms in total. The molecule has 1 aliphatic heterocycles. The highest BCUT2D eigenvalue weighted by atomic mass is 32.2. The van der Waals surface area contributed by atoms with Gasteiger partial charge in [0.1, 0.15) is 11.5 Å². The van der Waals surface area contributed by atoms with Gasteiger partial charge in [-0.15, -0.1) is 0 Å². The zero-order chi connectivity index (χ0) is 24.2. The number of hydroxylamine groups is 1. The van der Waals surface area contributed by atoms with Gasteiger partial charge in [-0.1, -0.05) is 38.7 Å². The summed E-state index contributed by atoms with van der Waals surface area (Å²) in [6.45, 7) is 5.69. The maximum Gasteiger partial charge on any atom is 0.279 e. The van der Waals surface area contributed by atoms with Crippen LogP contribution in [0.4, 0.5) is 5.69 Å². The molecular formula is C22H31N5O5S. The molecule has 180 valence electrons. The van der Waals surface area contributed by atoms with Crippen LogP contribution in [-0.2, 0) is 14.8 Å². The van der Waals surface area contributed by atoms with E-state index in [1.807, 2.05) is 0 Å². The van der Waals surface area contributed by atoms with Gasteiger partial charge in [-0.3, -0.25) is 29.1 Å².